The molecule has 50 valence electrons. The van der Waals surface area contributed by atoms with Gasteiger partial charge in [0.05, 0.1) is 0 Å². The van der Waals surface area contributed by atoms with Gasteiger partial charge in [-0.1, -0.05) is 12.2 Å². The Morgan fingerprint density at radius 3 is 3.00 bits per heavy atom. The number of hydrogen-bond donors (Lipinski definition) is 1. The lowest BCUT2D eigenvalue weighted by Gasteiger charge is -2.10. The molecule has 0 spiro atoms. The van der Waals surface area contributed by atoms with E-state index in [1.807, 2.05) is 0 Å². The highest BCUT2D eigenvalue weighted by Gasteiger charge is 2.05. The van der Waals surface area contributed by atoms with Crippen molar-refractivity contribution in [3.05, 3.63) is 12.2 Å². The van der Waals surface area contributed by atoms with Gasteiger partial charge in [0.15, 0.2) is 0 Å². The summed E-state index contributed by atoms with van der Waals surface area (Å²) in [5.41, 5.74) is 0. The van der Waals surface area contributed by atoms with Gasteiger partial charge >= 0.3 is 0 Å². The molecule has 1 N–H and O–H groups in total. The largest absolute Gasteiger partial charge is 0.411 e. The van der Waals surface area contributed by atoms with Gasteiger partial charge < -0.3 is 5.21 Å². The maximum absolute atomic E-state index is 8.16. The molecule has 9 heavy (non-hydrogen) atoms. The van der Waals surface area contributed by atoms with Crippen LogP contribution in [-0.2, 0) is 0 Å². The predicted octanol–water partition coefficient (Wildman–Crippen LogP) is 1.80. The van der Waals surface area contributed by atoms with Crippen molar-refractivity contribution in [2.75, 3.05) is 0 Å². The highest BCUT2D eigenvalue weighted by atomic mass is 16.4. The number of nitrogens with zero attached hydrogens (tertiary/aromatic N) is 1. The third kappa shape index (κ3) is 1.88. The molecule has 0 radical (unpaired) electrons. The van der Waals surface area contributed by atoms with Crippen LogP contribution in [0.3, 0.4) is 0 Å². The molecule has 0 fully saturated rings. The van der Waals surface area contributed by atoms with Crippen molar-refractivity contribution in [3.63, 3.8) is 0 Å². The summed E-state index contributed by atoms with van der Waals surface area (Å²) in [5, 5.41) is 11.2. The van der Waals surface area contributed by atoms with Gasteiger partial charge in [-0.3, -0.25) is 0 Å². The normalized spacial score (nSPS) is 27.3. The smallest absolute Gasteiger partial charge is 0.0470 e. The molecule has 0 aliphatic heterocycles. The van der Waals surface area contributed by atoms with Crippen LogP contribution in [-0.4, -0.2) is 11.4 Å². The zero-order chi connectivity index (χ0) is 6.53. The Bertz CT molecular complexity index is 129. The fraction of sp³-hybridized carbons (Fsp3) is 0.571. The second kappa shape index (κ2) is 3.28. The number of allylic oxidation sites excluding steroid dienone is 2. The first-order valence-electron chi connectivity index (χ1n) is 3.26. The van der Waals surface area contributed by atoms with Crippen molar-refractivity contribution in [1.29, 1.82) is 0 Å². The lowest BCUT2D eigenvalue weighted by Crippen LogP contribution is -2.02. The van der Waals surface area contributed by atoms with Gasteiger partial charge in [0.1, 0.15) is 0 Å². The van der Waals surface area contributed by atoms with Crippen molar-refractivity contribution in [1.82, 2.24) is 0 Å². The lowest BCUT2D eigenvalue weighted by atomic mass is 9.96. The first-order valence-corrected chi connectivity index (χ1v) is 3.26. The van der Waals surface area contributed by atoms with E-state index in [9.17, 15) is 0 Å². The Morgan fingerprint density at radius 1 is 1.56 bits per heavy atom. The standard InChI is InChI=1S/C7H11NO/c9-8-6-7-4-2-1-3-5-7/h1-2,6-7,9H,3-5H2/b8-6+. The zero-order valence-electron chi connectivity index (χ0n) is 5.33. The van der Waals surface area contributed by atoms with Gasteiger partial charge in [-0.25, -0.2) is 0 Å². The molecular weight excluding hydrogens is 114 g/mol. The third-order valence-corrected chi connectivity index (χ3v) is 1.59. The highest BCUT2D eigenvalue weighted by molar-refractivity contribution is 5.60. The predicted molar refractivity (Wildman–Crippen MR) is 36.8 cm³/mol. The van der Waals surface area contributed by atoms with E-state index in [2.05, 4.69) is 17.3 Å². The van der Waals surface area contributed by atoms with E-state index in [1.165, 1.54) is 0 Å². The molecule has 1 atom stereocenters. The summed E-state index contributed by atoms with van der Waals surface area (Å²) in [6.45, 7) is 0. The zero-order valence-corrected chi connectivity index (χ0v) is 5.33. The lowest BCUT2D eigenvalue weighted by molar-refractivity contribution is 0.317. The number of oxime groups is 1. The SMILES string of the molecule is O/N=C/C1CC=CCC1. The molecule has 0 aromatic carbocycles. The van der Waals surface area contributed by atoms with Crippen molar-refractivity contribution >= 4 is 6.21 Å². The van der Waals surface area contributed by atoms with E-state index in [0.29, 0.717) is 5.92 Å². The van der Waals surface area contributed by atoms with Crippen LogP contribution in [0.1, 0.15) is 19.3 Å². The molecule has 1 aliphatic rings. The highest BCUT2D eigenvalue weighted by Crippen LogP contribution is 2.15. The van der Waals surface area contributed by atoms with Gasteiger partial charge in [-0.2, -0.15) is 0 Å². The molecule has 0 amide bonds. The van der Waals surface area contributed by atoms with Crippen LogP contribution in [0.5, 0.6) is 0 Å². The molecule has 0 aromatic rings. The molecule has 2 heteroatoms. The van der Waals surface area contributed by atoms with Crippen LogP contribution in [0.2, 0.25) is 0 Å². The third-order valence-electron chi connectivity index (χ3n) is 1.59. The average Bonchev–Trinajstić information content (AvgIpc) is 1.91. The second-order valence-electron chi connectivity index (χ2n) is 2.31. The average molecular weight is 125 g/mol. The van der Waals surface area contributed by atoms with E-state index in [1.54, 1.807) is 6.21 Å². The van der Waals surface area contributed by atoms with E-state index in [-0.39, 0.29) is 0 Å². The molecule has 2 nitrogen and oxygen atoms in total. The van der Waals surface area contributed by atoms with Gasteiger partial charge in [-0.05, 0) is 19.3 Å². The number of hydrogen-bond acceptors (Lipinski definition) is 2. The van der Waals surface area contributed by atoms with Gasteiger partial charge in [-0.15, -0.1) is 5.16 Å². The first kappa shape index (κ1) is 6.33. The first-order chi connectivity index (χ1) is 4.43. The molecular formula is C7H11NO. The van der Waals surface area contributed by atoms with Gasteiger partial charge in [0.2, 0.25) is 0 Å². The van der Waals surface area contributed by atoms with E-state index in [4.69, 9.17) is 5.21 Å². The minimum atomic E-state index is 0.472. The van der Waals surface area contributed by atoms with Crippen LogP contribution < -0.4 is 0 Å². The summed E-state index contributed by atoms with van der Waals surface area (Å²) in [6.07, 6.45) is 9.20. The summed E-state index contributed by atoms with van der Waals surface area (Å²) in [7, 11) is 0. The Hall–Kier alpha value is -0.790. The van der Waals surface area contributed by atoms with Crippen molar-refractivity contribution in [2.24, 2.45) is 11.1 Å². The minimum absolute atomic E-state index is 0.472. The Morgan fingerprint density at radius 2 is 2.44 bits per heavy atom. The van der Waals surface area contributed by atoms with E-state index in [0.717, 1.165) is 19.3 Å². The van der Waals surface area contributed by atoms with Crippen molar-refractivity contribution in [2.45, 2.75) is 19.3 Å². The van der Waals surface area contributed by atoms with Crippen LogP contribution in [0, 0.1) is 5.92 Å². The quantitative estimate of drug-likeness (QED) is 0.246. The van der Waals surface area contributed by atoms with Crippen LogP contribution >= 0.6 is 0 Å². The molecule has 0 saturated heterocycles. The van der Waals surface area contributed by atoms with Crippen LogP contribution in [0.15, 0.2) is 17.3 Å². The van der Waals surface area contributed by atoms with Crippen LogP contribution in [0.25, 0.3) is 0 Å². The number of rotatable bonds is 1. The monoisotopic (exact) mass is 125 g/mol. The fourth-order valence-electron chi connectivity index (χ4n) is 1.05. The second-order valence-corrected chi connectivity index (χ2v) is 2.31. The molecule has 0 saturated carbocycles. The molecule has 1 aliphatic carbocycles. The molecule has 0 bridgehead atoms. The summed E-state index contributed by atoms with van der Waals surface area (Å²) in [5.74, 6) is 0.472. The summed E-state index contributed by atoms with van der Waals surface area (Å²) < 4.78 is 0. The Labute approximate surface area is 54.9 Å². The topological polar surface area (TPSA) is 32.6 Å². The Kier molecular flexibility index (Phi) is 2.31. The van der Waals surface area contributed by atoms with Crippen molar-refractivity contribution in [3.8, 4) is 0 Å². The maximum Gasteiger partial charge on any atom is 0.0470 e. The van der Waals surface area contributed by atoms with Gasteiger partial charge in [0.25, 0.3) is 0 Å². The van der Waals surface area contributed by atoms with E-state index >= 15 is 0 Å². The maximum atomic E-state index is 8.16. The summed E-state index contributed by atoms with van der Waals surface area (Å²) in [6, 6.07) is 0. The fourth-order valence-corrected chi connectivity index (χ4v) is 1.05. The molecule has 1 rings (SSSR count). The summed E-state index contributed by atoms with van der Waals surface area (Å²) in [4.78, 5) is 0. The summed E-state index contributed by atoms with van der Waals surface area (Å²) >= 11 is 0. The Balaban J connectivity index is 2.35. The molecule has 0 aromatic heterocycles. The molecule has 0 heterocycles. The van der Waals surface area contributed by atoms with E-state index < -0.39 is 0 Å². The van der Waals surface area contributed by atoms with Crippen LogP contribution in [0.4, 0.5) is 0 Å². The minimum Gasteiger partial charge on any atom is -0.411 e. The van der Waals surface area contributed by atoms with Crippen molar-refractivity contribution < 1.29 is 5.21 Å². The molecule has 1 unspecified atom stereocenters. The van der Waals surface area contributed by atoms with Gasteiger partial charge in [0, 0.05) is 12.1 Å².